The Labute approximate surface area is 258 Å². The summed E-state index contributed by atoms with van der Waals surface area (Å²) in [6.07, 6.45) is 1.33. The summed E-state index contributed by atoms with van der Waals surface area (Å²) >= 11 is 0. The first-order valence-electron chi connectivity index (χ1n) is 14.0. The second-order valence-corrected chi connectivity index (χ2v) is 9.60. The van der Waals surface area contributed by atoms with Gasteiger partial charge in [0.25, 0.3) is 5.91 Å². The predicted molar refractivity (Wildman–Crippen MR) is 172 cm³/mol. The van der Waals surface area contributed by atoms with Gasteiger partial charge in [-0.2, -0.15) is 5.10 Å². The fourth-order valence-electron chi connectivity index (χ4n) is 4.37. The van der Waals surface area contributed by atoms with Crippen LogP contribution in [0.5, 0.6) is 11.5 Å². The second-order valence-electron chi connectivity index (χ2n) is 9.60. The summed E-state index contributed by atoms with van der Waals surface area (Å²) in [7, 11) is 0. The number of nitrogens with zero attached hydrogens (tertiary/aromatic N) is 1. The first-order valence-corrected chi connectivity index (χ1v) is 14.0. The average molecular weight is 601 g/mol. The molecule has 10 heteroatoms. The van der Waals surface area contributed by atoms with Crippen LogP contribution in [0.15, 0.2) is 120 Å². The molecule has 45 heavy (non-hydrogen) atoms. The zero-order valence-corrected chi connectivity index (χ0v) is 24.2. The van der Waals surface area contributed by atoms with Gasteiger partial charge in [-0.25, -0.2) is 10.2 Å². The Hall–Kier alpha value is -6.29. The van der Waals surface area contributed by atoms with Crippen LogP contribution < -0.4 is 25.5 Å². The molecule has 5 rings (SSSR count). The number of benzene rings is 5. The van der Waals surface area contributed by atoms with E-state index in [1.807, 2.05) is 37.3 Å². The molecule has 224 valence electrons. The summed E-state index contributed by atoms with van der Waals surface area (Å²) in [5, 5.41) is 10.8. The standard InChI is InChI=1S/C35H28N4O6/c1-2-44-26-20-16-25(17-21-26)37-32(40)30-11-5-6-13-31(30)38-33(41)34(42)39-36-22-23-14-18-27(19-15-23)45-35(43)29-12-7-9-24-8-3-4-10-28(24)29/h3-22H,2H2,1H3,(H,37,40)(H,38,41)(H,39,42)/b36-22-. The molecule has 0 aliphatic carbocycles. The molecule has 5 aromatic rings. The van der Waals surface area contributed by atoms with Gasteiger partial charge in [-0.05, 0) is 90.0 Å². The zero-order chi connectivity index (χ0) is 31.6. The molecule has 0 aliphatic rings. The molecule has 3 N–H and O–H groups in total. The minimum atomic E-state index is -1.03. The lowest BCUT2D eigenvalue weighted by Gasteiger charge is -2.11. The first-order chi connectivity index (χ1) is 21.9. The van der Waals surface area contributed by atoms with E-state index in [0.29, 0.717) is 34.9 Å². The molecule has 0 aliphatic heterocycles. The molecular formula is C35H28N4O6. The maximum Gasteiger partial charge on any atom is 0.344 e. The summed E-state index contributed by atoms with van der Waals surface area (Å²) in [5.41, 5.74) is 4.05. The van der Waals surface area contributed by atoms with E-state index in [2.05, 4.69) is 21.2 Å². The van der Waals surface area contributed by atoms with Gasteiger partial charge in [-0.15, -0.1) is 0 Å². The van der Waals surface area contributed by atoms with Gasteiger partial charge in [0.05, 0.1) is 29.6 Å². The van der Waals surface area contributed by atoms with Gasteiger partial charge in [0.15, 0.2) is 0 Å². The highest BCUT2D eigenvalue weighted by Crippen LogP contribution is 2.22. The number of hydrogen-bond donors (Lipinski definition) is 3. The van der Waals surface area contributed by atoms with Crippen LogP contribution in [-0.2, 0) is 9.59 Å². The van der Waals surface area contributed by atoms with Gasteiger partial charge in [0, 0.05) is 5.69 Å². The summed E-state index contributed by atoms with van der Waals surface area (Å²) in [6, 6.07) is 32.6. The van der Waals surface area contributed by atoms with Crippen LogP contribution in [-0.4, -0.2) is 36.5 Å². The van der Waals surface area contributed by atoms with Crippen LogP contribution in [0.4, 0.5) is 11.4 Å². The first kappa shape index (κ1) is 30.2. The summed E-state index contributed by atoms with van der Waals surface area (Å²) < 4.78 is 10.9. The average Bonchev–Trinajstić information content (AvgIpc) is 3.06. The van der Waals surface area contributed by atoms with E-state index in [4.69, 9.17) is 9.47 Å². The lowest BCUT2D eigenvalue weighted by molar-refractivity contribution is -0.136. The van der Waals surface area contributed by atoms with Crippen LogP contribution in [0, 0.1) is 0 Å². The molecule has 0 fully saturated rings. The second kappa shape index (κ2) is 14.3. The number of para-hydroxylation sites is 1. The molecule has 0 heterocycles. The predicted octanol–water partition coefficient (Wildman–Crippen LogP) is 5.80. The molecule has 0 spiro atoms. The lowest BCUT2D eigenvalue weighted by Crippen LogP contribution is -2.33. The van der Waals surface area contributed by atoms with Gasteiger partial charge in [-0.3, -0.25) is 14.4 Å². The quantitative estimate of drug-likeness (QED) is 0.0644. The van der Waals surface area contributed by atoms with E-state index >= 15 is 0 Å². The summed E-state index contributed by atoms with van der Waals surface area (Å²) in [5.74, 6) is -2.00. The number of anilines is 2. The summed E-state index contributed by atoms with van der Waals surface area (Å²) in [6.45, 7) is 2.40. The van der Waals surface area contributed by atoms with E-state index in [-0.39, 0.29) is 11.3 Å². The smallest absolute Gasteiger partial charge is 0.344 e. The molecule has 0 bridgehead atoms. The van der Waals surface area contributed by atoms with Crippen molar-refractivity contribution in [1.82, 2.24) is 5.43 Å². The van der Waals surface area contributed by atoms with Gasteiger partial charge in [0.1, 0.15) is 11.5 Å². The molecule has 0 radical (unpaired) electrons. The molecule has 3 amide bonds. The molecule has 0 unspecified atom stereocenters. The highest BCUT2D eigenvalue weighted by molar-refractivity contribution is 6.40. The number of hydrogen-bond acceptors (Lipinski definition) is 7. The van der Waals surface area contributed by atoms with Crippen molar-refractivity contribution in [2.24, 2.45) is 5.10 Å². The molecule has 0 atom stereocenters. The fraction of sp³-hybridized carbons (Fsp3) is 0.0571. The van der Waals surface area contributed by atoms with Gasteiger partial charge >= 0.3 is 17.8 Å². The maximum atomic E-state index is 12.9. The lowest BCUT2D eigenvalue weighted by atomic mass is 10.0. The third-order valence-corrected chi connectivity index (χ3v) is 6.53. The molecule has 0 aromatic heterocycles. The van der Waals surface area contributed by atoms with Gasteiger partial charge < -0.3 is 20.1 Å². The van der Waals surface area contributed by atoms with Gasteiger partial charge in [0.2, 0.25) is 0 Å². The number of hydrazone groups is 1. The molecule has 0 saturated heterocycles. The van der Waals surface area contributed by atoms with Crippen LogP contribution in [0.2, 0.25) is 0 Å². The molecule has 10 nitrogen and oxygen atoms in total. The monoisotopic (exact) mass is 600 g/mol. The third-order valence-electron chi connectivity index (χ3n) is 6.53. The van der Waals surface area contributed by atoms with E-state index < -0.39 is 23.7 Å². The third kappa shape index (κ3) is 7.76. The number of ether oxygens (including phenoxy) is 2. The number of esters is 1. The number of carbonyl (C=O) groups is 4. The number of amides is 3. The molecule has 5 aromatic carbocycles. The molecular weight excluding hydrogens is 572 g/mol. The van der Waals surface area contributed by atoms with Crippen molar-refractivity contribution >= 4 is 52.1 Å². The van der Waals surface area contributed by atoms with E-state index in [9.17, 15) is 19.2 Å². The SMILES string of the molecule is CCOc1ccc(NC(=O)c2ccccc2NC(=O)C(=O)N/N=C\c2ccc(OC(=O)c3cccc4ccccc34)cc2)cc1. The van der Waals surface area contributed by atoms with Crippen molar-refractivity contribution in [1.29, 1.82) is 0 Å². The van der Waals surface area contributed by atoms with Crippen molar-refractivity contribution in [3.05, 3.63) is 132 Å². The van der Waals surface area contributed by atoms with Crippen LogP contribution >= 0.6 is 0 Å². The van der Waals surface area contributed by atoms with E-state index in [1.54, 1.807) is 72.8 Å². The number of rotatable bonds is 9. The number of carbonyl (C=O) groups excluding carboxylic acids is 4. The Kier molecular flexibility index (Phi) is 9.56. The normalized spacial score (nSPS) is 10.7. The number of fused-ring (bicyclic) bond motifs is 1. The fourth-order valence-corrected chi connectivity index (χ4v) is 4.37. The summed E-state index contributed by atoms with van der Waals surface area (Å²) in [4.78, 5) is 50.6. The Balaban J connectivity index is 1.14. The van der Waals surface area contributed by atoms with E-state index in [0.717, 1.165) is 10.8 Å². The Morgan fingerprint density at radius 1 is 0.689 bits per heavy atom. The topological polar surface area (TPSA) is 135 Å². The Morgan fingerprint density at radius 3 is 2.13 bits per heavy atom. The van der Waals surface area contributed by atoms with Crippen molar-refractivity contribution in [2.45, 2.75) is 6.92 Å². The van der Waals surface area contributed by atoms with E-state index in [1.165, 1.54) is 18.3 Å². The highest BCUT2D eigenvalue weighted by Gasteiger charge is 2.18. The minimum absolute atomic E-state index is 0.152. The Bertz CT molecular complexity index is 1880. The largest absolute Gasteiger partial charge is 0.494 e. The van der Waals surface area contributed by atoms with Crippen molar-refractivity contribution in [2.75, 3.05) is 17.2 Å². The maximum absolute atomic E-state index is 12.9. The van der Waals surface area contributed by atoms with Crippen molar-refractivity contribution < 1.29 is 28.7 Å². The van der Waals surface area contributed by atoms with Crippen molar-refractivity contribution in [3.63, 3.8) is 0 Å². The molecule has 0 saturated carbocycles. The highest BCUT2D eigenvalue weighted by atomic mass is 16.5. The van der Waals surface area contributed by atoms with Crippen LogP contribution in [0.25, 0.3) is 10.8 Å². The zero-order valence-electron chi connectivity index (χ0n) is 24.2. The number of nitrogens with one attached hydrogen (secondary N) is 3. The van der Waals surface area contributed by atoms with Crippen LogP contribution in [0.3, 0.4) is 0 Å². The Morgan fingerprint density at radius 2 is 1.36 bits per heavy atom. The van der Waals surface area contributed by atoms with Gasteiger partial charge in [-0.1, -0.05) is 48.5 Å². The van der Waals surface area contributed by atoms with Crippen LogP contribution in [0.1, 0.15) is 33.2 Å². The minimum Gasteiger partial charge on any atom is -0.494 e. The van der Waals surface area contributed by atoms with Crippen molar-refractivity contribution in [3.8, 4) is 11.5 Å².